The van der Waals surface area contributed by atoms with Crippen LogP contribution in [0.2, 0.25) is 5.15 Å². The highest BCUT2D eigenvalue weighted by Crippen LogP contribution is 2.53. The van der Waals surface area contributed by atoms with Crippen molar-refractivity contribution in [3.8, 4) is 17.7 Å². The number of pyridine rings is 3. The van der Waals surface area contributed by atoms with Crippen LogP contribution in [0, 0.1) is 18.3 Å². The average molecular weight is 710 g/mol. The molecule has 5 heterocycles. The van der Waals surface area contributed by atoms with Crippen LogP contribution in [-0.2, 0) is 20.4 Å². The minimum atomic E-state index is -4.63. The number of amides is 1. The zero-order chi connectivity index (χ0) is 35.2. The number of halogens is 1. The summed E-state index contributed by atoms with van der Waals surface area (Å²) >= 11 is 6.37. The summed E-state index contributed by atoms with van der Waals surface area (Å²) in [4.78, 5) is 32.7. The summed E-state index contributed by atoms with van der Waals surface area (Å²) in [5, 5.41) is 10.7. The molecule has 0 radical (unpaired) electrons. The van der Waals surface area contributed by atoms with E-state index in [0.717, 1.165) is 15.7 Å². The Hall–Kier alpha value is -5.29. The zero-order valence-electron chi connectivity index (χ0n) is 27.5. The highest BCUT2D eigenvalue weighted by Gasteiger charge is 2.61. The van der Waals surface area contributed by atoms with Crippen LogP contribution < -0.4 is 18.7 Å². The highest BCUT2D eigenvalue weighted by atomic mass is 35.5. The first-order chi connectivity index (χ1) is 24.1. The molecule has 1 unspecified atom stereocenters. The second kappa shape index (κ2) is 12.9. The summed E-state index contributed by atoms with van der Waals surface area (Å²) in [6, 6.07) is 20.2. The number of carbonyl (C=O) groups excluding carboxylic acids is 1. The van der Waals surface area contributed by atoms with E-state index in [4.69, 9.17) is 21.1 Å². The Morgan fingerprint density at radius 2 is 1.78 bits per heavy atom. The smallest absolute Gasteiger partial charge is 0.273 e. The van der Waals surface area contributed by atoms with Crippen LogP contribution in [0.3, 0.4) is 0 Å². The van der Waals surface area contributed by atoms with E-state index < -0.39 is 21.5 Å². The molecule has 0 spiro atoms. The topological polar surface area (TPSA) is 142 Å². The maximum atomic E-state index is 15.5. The molecule has 1 amide bonds. The summed E-state index contributed by atoms with van der Waals surface area (Å²) in [7, 11) is -3.14. The molecule has 2 aliphatic rings. The number of rotatable bonds is 8. The van der Waals surface area contributed by atoms with Crippen LogP contribution in [0.4, 0.5) is 11.4 Å². The minimum absolute atomic E-state index is 0.0876. The van der Waals surface area contributed by atoms with Gasteiger partial charge in [-0.3, -0.25) is 19.7 Å². The third kappa shape index (κ3) is 5.19. The molecule has 0 bridgehead atoms. The monoisotopic (exact) mass is 709 g/mol. The van der Waals surface area contributed by atoms with E-state index in [1.807, 2.05) is 24.0 Å². The number of fused-ring (bicyclic) bond motifs is 2. The summed E-state index contributed by atoms with van der Waals surface area (Å²) in [5.41, 5.74) is 1.23. The first kappa shape index (κ1) is 33.2. The van der Waals surface area contributed by atoms with Crippen molar-refractivity contribution < 1.29 is 22.7 Å². The molecule has 0 N–H and O–H groups in total. The second-order valence-electron chi connectivity index (χ2n) is 11.8. The fourth-order valence-corrected chi connectivity index (χ4v) is 8.74. The van der Waals surface area contributed by atoms with Crippen molar-refractivity contribution in [1.29, 1.82) is 5.26 Å². The molecule has 254 valence electrons. The van der Waals surface area contributed by atoms with Crippen molar-refractivity contribution in [3.63, 3.8) is 0 Å². The summed E-state index contributed by atoms with van der Waals surface area (Å²) in [5.74, 6) is -0.241. The van der Waals surface area contributed by atoms with Crippen molar-refractivity contribution in [3.05, 3.63) is 107 Å². The Balaban J connectivity index is 1.46. The molecule has 5 aromatic rings. The summed E-state index contributed by atoms with van der Waals surface area (Å²) < 4.78 is 42.3. The number of benzene rings is 2. The molecule has 1 fully saturated rings. The standard InChI is InChI=1S/C36H32ClN7O5S/c1-4-49-34-27(8-12-32(37)41-34)36(43-18-16-42(17-19-43)25-13-15-39-23(2)20-25)28-21-24(22-38)7-9-29(28)44(35(36)45)50(46,47)31-11-10-30(48-3)26-6-5-14-40-33(26)31/h5-15,20-21H,4,16-19H2,1-3H3. The number of hydrogen-bond acceptors (Lipinski definition) is 11. The first-order valence-corrected chi connectivity index (χ1v) is 17.8. The molecule has 0 saturated carbocycles. The van der Waals surface area contributed by atoms with E-state index in [1.165, 1.54) is 31.5 Å². The zero-order valence-corrected chi connectivity index (χ0v) is 29.1. The molecule has 12 nitrogen and oxygen atoms in total. The molecule has 1 saturated heterocycles. The predicted molar refractivity (Wildman–Crippen MR) is 188 cm³/mol. The number of piperazine rings is 1. The Kier molecular flexibility index (Phi) is 8.55. The first-order valence-electron chi connectivity index (χ1n) is 15.9. The van der Waals surface area contributed by atoms with Crippen LogP contribution in [-0.4, -0.2) is 74.1 Å². The molecule has 1 atom stereocenters. The SMILES string of the molecule is CCOc1nc(Cl)ccc1C1(N2CCN(c3ccnc(C)c3)CC2)C(=O)N(S(=O)(=O)c2ccc(OC)c3cccnc23)c2ccc(C#N)cc21. The number of nitriles is 1. The molecule has 50 heavy (non-hydrogen) atoms. The van der Waals surface area contributed by atoms with E-state index in [9.17, 15) is 13.7 Å². The van der Waals surface area contributed by atoms with E-state index in [-0.39, 0.29) is 39.3 Å². The van der Waals surface area contributed by atoms with Gasteiger partial charge in [-0.25, -0.2) is 17.7 Å². The summed E-state index contributed by atoms with van der Waals surface area (Å²) in [6.07, 6.45) is 3.24. The molecule has 0 aliphatic carbocycles. The van der Waals surface area contributed by atoms with Gasteiger partial charge >= 0.3 is 0 Å². The fourth-order valence-electron chi connectivity index (χ4n) is 6.99. The van der Waals surface area contributed by atoms with Gasteiger partial charge in [0.15, 0.2) is 5.54 Å². The number of aromatic nitrogens is 3. The van der Waals surface area contributed by atoms with Gasteiger partial charge < -0.3 is 14.4 Å². The van der Waals surface area contributed by atoms with Gasteiger partial charge in [-0.2, -0.15) is 5.26 Å². The minimum Gasteiger partial charge on any atom is -0.496 e. The van der Waals surface area contributed by atoms with Gasteiger partial charge in [-0.15, -0.1) is 0 Å². The molecule has 2 aromatic carbocycles. The van der Waals surface area contributed by atoms with Crippen LogP contribution in [0.5, 0.6) is 11.6 Å². The highest BCUT2D eigenvalue weighted by molar-refractivity contribution is 7.93. The lowest BCUT2D eigenvalue weighted by atomic mass is 9.81. The molecule has 3 aromatic heterocycles. The van der Waals surface area contributed by atoms with Crippen LogP contribution >= 0.6 is 11.6 Å². The maximum Gasteiger partial charge on any atom is 0.273 e. The number of hydrogen-bond donors (Lipinski definition) is 0. The molecule has 2 aliphatic heterocycles. The van der Waals surface area contributed by atoms with Gasteiger partial charge in [0.25, 0.3) is 15.9 Å². The van der Waals surface area contributed by atoms with E-state index in [1.54, 1.807) is 49.5 Å². The van der Waals surface area contributed by atoms with Crippen molar-refractivity contribution in [2.24, 2.45) is 0 Å². The average Bonchev–Trinajstić information content (AvgIpc) is 3.39. The number of nitrogens with zero attached hydrogens (tertiary/aromatic N) is 7. The normalized spacial score (nSPS) is 17.9. The van der Waals surface area contributed by atoms with Crippen molar-refractivity contribution in [2.75, 3.05) is 49.1 Å². The van der Waals surface area contributed by atoms with E-state index >= 15 is 4.79 Å². The van der Waals surface area contributed by atoms with Crippen molar-refractivity contribution in [2.45, 2.75) is 24.3 Å². The van der Waals surface area contributed by atoms with Gasteiger partial charge in [-0.05, 0) is 80.6 Å². The van der Waals surface area contributed by atoms with Gasteiger partial charge in [0, 0.05) is 66.5 Å². The van der Waals surface area contributed by atoms with Gasteiger partial charge in [0.2, 0.25) is 5.88 Å². The lowest BCUT2D eigenvalue weighted by molar-refractivity contribution is -0.127. The second-order valence-corrected chi connectivity index (χ2v) is 14.0. The molecular weight excluding hydrogens is 678 g/mol. The quantitative estimate of drug-likeness (QED) is 0.200. The van der Waals surface area contributed by atoms with E-state index in [2.05, 4.69) is 25.9 Å². The number of carbonyl (C=O) groups is 1. The number of sulfonamides is 1. The third-order valence-electron chi connectivity index (χ3n) is 9.16. The molecular formula is C36H32ClN7O5S. The fraction of sp³-hybridized carbons (Fsp3) is 0.250. The Bertz CT molecular complexity index is 2310. The molecule has 7 rings (SSSR count). The number of methoxy groups -OCH3 is 1. The lowest BCUT2D eigenvalue weighted by Crippen LogP contribution is -2.60. The number of ether oxygens (including phenoxy) is 2. The van der Waals surface area contributed by atoms with Gasteiger partial charge in [-0.1, -0.05) is 11.6 Å². The van der Waals surface area contributed by atoms with Crippen LogP contribution in [0.25, 0.3) is 10.9 Å². The Labute approximate surface area is 294 Å². The van der Waals surface area contributed by atoms with Gasteiger partial charge in [0.1, 0.15) is 15.8 Å². The lowest BCUT2D eigenvalue weighted by Gasteiger charge is -2.45. The van der Waals surface area contributed by atoms with Crippen LogP contribution in [0.1, 0.15) is 29.3 Å². The predicted octanol–water partition coefficient (Wildman–Crippen LogP) is 5.07. The summed E-state index contributed by atoms with van der Waals surface area (Å²) in [6.45, 7) is 5.63. The van der Waals surface area contributed by atoms with Crippen molar-refractivity contribution >= 4 is 49.8 Å². The number of aryl methyl sites for hydroxylation is 1. The van der Waals surface area contributed by atoms with Crippen LogP contribution in [0.15, 0.2) is 84.0 Å². The van der Waals surface area contributed by atoms with Gasteiger partial charge in [0.05, 0.1) is 36.6 Å². The Morgan fingerprint density at radius 1 is 0.980 bits per heavy atom. The third-order valence-corrected chi connectivity index (χ3v) is 11.1. The largest absolute Gasteiger partial charge is 0.496 e. The maximum absolute atomic E-state index is 15.5. The van der Waals surface area contributed by atoms with E-state index in [0.29, 0.717) is 48.4 Å². The number of anilines is 2. The Morgan fingerprint density at radius 3 is 2.50 bits per heavy atom. The van der Waals surface area contributed by atoms with Crippen molar-refractivity contribution in [1.82, 2.24) is 19.9 Å². The molecule has 14 heteroatoms.